The van der Waals surface area contributed by atoms with E-state index in [1.807, 2.05) is 68.7 Å². The van der Waals surface area contributed by atoms with Crippen LogP contribution in [0.4, 0.5) is 0 Å². The lowest BCUT2D eigenvalue weighted by Crippen LogP contribution is -2.38. The van der Waals surface area contributed by atoms with E-state index >= 15 is 0 Å². The predicted octanol–water partition coefficient (Wildman–Crippen LogP) is 6.73. The third kappa shape index (κ3) is 4.77. The Morgan fingerprint density at radius 2 is 1.79 bits per heavy atom. The normalized spacial score (nSPS) is 14.1. The van der Waals surface area contributed by atoms with Gasteiger partial charge in [-0.25, -0.2) is 4.98 Å². The van der Waals surface area contributed by atoms with E-state index in [-0.39, 0.29) is 0 Å². The Kier molecular flexibility index (Phi) is 7.43. The molecular weight excluding hydrogens is 544 g/mol. The van der Waals surface area contributed by atoms with E-state index in [1.165, 1.54) is 0 Å². The molecular formula is C31H31BrN2O4. The number of methoxy groups -OCH3 is 2. The van der Waals surface area contributed by atoms with E-state index in [9.17, 15) is 5.11 Å². The number of aromatic nitrogens is 1. The molecule has 1 N–H and O–H groups in total. The van der Waals surface area contributed by atoms with Gasteiger partial charge in [-0.15, -0.1) is 0 Å². The summed E-state index contributed by atoms with van der Waals surface area (Å²) in [6.45, 7) is 0.633. The second kappa shape index (κ2) is 10.8. The molecule has 0 aliphatic heterocycles. The Hall–Kier alpha value is -3.39. The molecule has 0 radical (unpaired) electrons. The zero-order chi connectivity index (χ0) is 26.9. The van der Waals surface area contributed by atoms with Crippen molar-refractivity contribution in [3.8, 4) is 11.6 Å². The van der Waals surface area contributed by atoms with Crippen molar-refractivity contribution in [2.45, 2.75) is 17.9 Å². The van der Waals surface area contributed by atoms with E-state index in [0.29, 0.717) is 35.7 Å². The molecule has 0 unspecified atom stereocenters. The van der Waals surface area contributed by atoms with Gasteiger partial charge in [0.25, 0.3) is 0 Å². The topological polar surface area (TPSA) is 68.0 Å². The molecule has 2 heterocycles. The van der Waals surface area contributed by atoms with Crippen LogP contribution in [0.2, 0.25) is 0 Å². The highest BCUT2D eigenvalue weighted by Gasteiger charge is 2.45. The SMILES string of the molecule is COc1cc2ccc(Br)cc2cc1[C@@H](c1cccnc1OC)[C@@](O)(CCN(C)C)c1cccc2ccoc12. The number of nitrogens with zero attached hydrogens (tertiary/aromatic N) is 2. The van der Waals surface area contributed by atoms with Gasteiger partial charge in [0.2, 0.25) is 5.88 Å². The number of benzene rings is 3. The monoisotopic (exact) mass is 574 g/mol. The lowest BCUT2D eigenvalue weighted by molar-refractivity contribution is 0.00382. The second-order valence-electron chi connectivity index (χ2n) is 9.74. The summed E-state index contributed by atoms with van der Waals surface area (Å²) in [6, 6.07) is 21.9. The van der Waals surface area contributed by atoms with Crippen LogP contribution in [0, 0.1) is 0 Å². The number of para-hydroxylation sites is 1. The minimum atomic E-state index is -1.41. The number of hydrogen-bond donors (Lipinski definition) is 1. The lowest BCUT2D eigenvalue weighted by Gasteiger charge is -2.39. The fraction of sp³-hybridized carbons (Fsp3) is 0.258. The van der Waals surface area contributed by atoms with Crippen LogP contribution in [0.15, 0.2) is 88.1 Å². The van der Waals surface area contributed by atoms with Crippen molar-refractivity contribution in [3.05, 3.63) is 100 Å². The van der Waals surface area contributed by atoms with Gasteiger partial charge >= 0.3 is 0 Å². The first kappa shape index (κ1) is 26.2. The molecule has 0 saturated carbocycles. The molecule has 5 aromatic rings. The number of ether oxygens (including phenoxy) is 2. The summed E-state index contributed by atoms with van der Waals surface area (Å²) >= 11 is 3.61. The number of hydrogen-bond acceptors (Lipinski definition) is 6. The molecule has 0 bridgehead atoms. The summed E-state index contributed by atoms with van der Waals surface area (Å²) in [6.07, 6.45) is 3.77. The molecule has 0 aliphatic carbocycles. The van der Waals surface area contributed by atoms with E-state index < -0.39 is 11.5 Å². The largest absolute Gasteiger partial charge is 0.496 e. The van der Waals surface area contributed by atoms with E-state index in [4.69, 9.17) is 13.9 Å². The second-order valence-corrected chi connectivity index (χ2v) is 10.7. The summed E-state index contributed by atoms with van der Waals surface area (Å²) in [5.74, 6) is 0.523. The van der Waals surface area contributed by atoms with Gasteiger partial charge in [0, 0.05) is 39.3 Å². The van der Waals surface area contributed by atoms with Crippen LogP contribution in [0.3, 0.4) is 0 Å². The summed E-state index contributed by atoms with van der Waals surface area (Å²) < 4.78 is 18.7. The third-order valence-corrected chi connectivity index (χ3v) is 7.62. The van der Waals surface area contributed by atoms with Crippen LogP contribution in [0.25, 0.3) is 21.7 Å². The molecule has 0 saturated heterocycles. The maximum atomic E-state index is 13.0. The maximum absolute atomic E-state index is 13.0. The summed E-state index contributed by atoms with van der Waals surface area (Å²) in [5.41, 5.74) is 1.53. The van der Waals surface area contributed by atoms with E-state index in [1.54, 1.807) is 26.7 Å². The lowest BCUT2D eigenvalue weighted by atomic mass is 9.71. The molecule has 7 heteroatoms. The molecule has 196 valence electrons. The molecule has 0 spiro atoms. The first-order valence-corrected chi connectivity index (χ1v) is 13.2. The first-order chi connectivity index (χ1) is 18.4. The Labute approximate surface area is 230 Å². The van der Waals surface area contributed by atoms with Crippen molar-refractivity contribution in [2.24, 2.45) is 0 Å². The van der Waals surface area contributed by atoms with Gasteiger partial charge in [0.05, 0.1) is 26.4 Å². The van der Waals surface area contributed by atoms with Gasteiger partial charge in [-0.2, -0.15) is 0 Å². The van der Waals surface area contributed by atoms with E-state index in [2.05, 4.69) is 37.9 Å². The van der Waals surface area contributed by atoms with Crippen molar-refractivity contribution in [1.82, 2.24) is 9.88 Å². The van der Waals surface area contributed by atoms with Crippen LogP contribution in [-0.4, -0.2) is 49.9 Å². The fourth-order valence-electron chi connectivity index (χ4n) is 5.31. The quantitative estimate of drug-likeness (QED) is 0.210. The van der Waals surface area contributed by atoms with Crippen LogP contribution >= 0.6 is 15.9 Å². The summed E-state index contributed by atoms with van der Waals surface area (Å²) in [5, 5.41) is 16.0. The summed E-state index contributed by atoms with van der Waals surface area (Å²) in [4.78, 5) is 6.58. The molecule has 0 amide bonds. The molecule has 5 rings (SSSR count). The van der Waals surface area contributed by atoms with Crippen molar-refractivity contribution >= 4 is 37.7 Å². The average molecular weight is 576 g/mol. The molecule has 0 fully saturated rings. The summed E-state index contributed by atoms with van der Waals surface area (Å²) in [7, 11) is 7.26. The molecule has 0 aliphatic rings. The van der Waals surface area contributed by atoms with Gasteiger partial charge < -0.3 is 23.9 Å². The minimum absolute atomic E-state index is 0.419. The van der Waals surface area contributed by atoms with Crippen molar-refractivity contribution in [1.29, 1.82) is 0 Å². The van der Waals surface area contributed by atoms with Gasteiger partial charge in [-0.05, 0) is 67.7 Å². The van der Waals surface area contributed by atoms with Crippen LogP contribution in [0.1, 0.15) is 29.0 Å². The number of aliphatic hydroxyl groups is 1. The molecule has 38 heavy (non-hydrogen) atoms. The fourth-order valence-corrected chi connectivity index (χ4v) is 5.68. The van der Waals surface area contributed by atoms with Gasteiger partial charge in [-0.1, -0.05) is 46.3 Å². The smallest absolute Gasteiger partial charge is 0.216 e. The number of fused-ring (bicyclic) bond motifs is 2. The van der Waals surface area contributed by atoms with Crippen molar-refractivity contribution in [3.63, 3.8) is 0 Å². The van der Waals surface area contributed by atoms with Crippen LogP contribution in [0.5, 0.6) is 11.6 Å². The Morgan fingerprint density at radius 1 is 0.947 bits per heavy atom. The first-order valence-electron chi connectivity index (χ1n) is 12.5. The number of halogens is 1. The number of furan rings is 1. The molecule has 2 aromatic heterocycles. The Bertz CT molecular complexity index is 1580. The average Bonchev–Trinajstić information content (AvgIpc) is 3.41. The van der Waals surface area contributed by atoms with Crippen molar-refractivity contribution in [2.75, 3.05) is 34.9 Å². The zero-order valence-electron chi connectivity index (χ0n) is 21.9. The highest BCUT2D eigenvalue weighted by atomic mass is 79.9. The Balaban J connectivity index is 1.87. The molecule has 2 atom stereocenters. The maximum Gasteiger partial charge on any atom is 0.216 e. The third-order valence-electron chi connectivity index (χ3n) is 7.13. The van der Waals surface area contributed by atoms with Crippen LogP contribution < -0.4 is 9.47 Å². The zero-order valence-corrected chi connectivity index (χ0v) is 23.5. The van der Waals surface area contributed by atoms with Gasteiger partial charge in [0.15, 0.2) is 0 Å². The number of pyridine rings is 1. The Morgan fingerprint density at radius 3 is 2.55 bits per heavy atom. The van der Waals surface area contributed by atoms with Gasteiger partial charge in [-0.3, -0.25) is 0 Å². The highest BCUT2D eigenvalue weighted by molar-refractivity contribution is 9.10. The minimum Gasteiger partial charge on any atom is -0.496 e. The standard InChI is InChI=1S/C31H31BrN2O4/c1-34(2)15-13-31(35,26-9-5-7-20-12-16-38-29(20)26)28(24-8-6-14-33-30(24)37-4)25-18-22-17-23(32)11-10-21(22)19-27(25)36-3/h5-12,14,16-19,28,35H,13,15H2,1-4H3/t28-,31-/m1/s1. The van der Waals surface area contributed by atoms with Crippen molar-refractivity contribution < 1.29 is 19.0 Å². The van der Waals surface area contributed by atoms with E-state index in [0.717, 1.165) is 31.8 Å². The van der Waals surface area contributed by atoms with Gasteiger partial charge in [0.1, 0.15) is 16.9 Å². The highest BCUT2D eigenvalue weighted by Crippen LogP contribution is 2.51. The molecule has 6 nitrogen and oxygen atoms in total. The predicted molar refractivity (Wildman–Crippen MR) is 154 cm³/mol. The molecule has 3 aromatic carbocycles. The van der Waals surface area contributed by atoms with Crippen LogP contribution in [-0.2, 0) is 5.60 Å². The number of rotatable bonds is 9.